The molecule has 0 bridgehead atoms. The van der Waals surface area contributed by atoms with Gasteiger partial charge in [-0.25, -0.2) is 9.79 Å². The molecule has 1 aromatic heterocycles. The van der Waals surface area contributed by atoms with Gasteiger partial charge in [0.1, 0.15) is 0 Å². The molecule has 0 N–H and O–H groups in total. The van der Waals surface area contributed by atoms with Crippen molar-refractivity contribution in [1.29, 1.82) is 0 Å². The third-order valence-corrected chi connectivity index (χ3v) is 4.50. The molecule has 0 unspecified atom stereocenters. The Kier molecular flexibility index (Phi) is 4.62. The minimum absolute atomic E-state index is 0.0359. The molecule has 1 aliphatic rings. The summed E-state index contributed by atoms with van der Waals surface area (Å²) in [4.78, 5) is 16.4. The Hall–Kier alpha value is -3.20. The summed E-state index contributed by atoms with van der Waals surface area (Å²) in [5.41, 5.74) is 2.68. The first-order chi connectivity index (χ1) is 13.7. The van der Waals surface area contributed by atoms with E-state index in [0.717, 1.165) is 5.56 Å². The number of aliphatic imine (C=N–C) groups is 1. The van der Waals surface area contributed by atoms with E-state index in [-0.39, 0.29) is 28.8 Å². The van der Waals surface area contributed by atoms with Gasteiger partial charge in [0, 0.05) is 0 Å². The highest BCUT2D eigenvalue weighted by Crippen LogP contribution is 2.31. The summed E-state index contributed by atoms with van der Waals surface area (Å²) in [6, 6.07) is 10.0. The van der Waals surface area contributed by atoms with Crippen LogP contribution in [-0.2, 0) is 17.3 Å². The summed E-state index contributed by atoms with van der Waals surface area (Å²) in [6.45, 7) is 1.77. The Morgan fingerprint density at radius 1 is 1.17 bits per heavy atom. The fourth-order valence-corrected chi connectivity index (χ4v) is 3.11. The van der Waals surface area contributed by atoms with E-state index in [1.165, 1.54) is 0 Å². The summed E-state index contributed by atoms with van der Waals surface area (Å²) >= 11 is 6.05. The highest BCUT2D eigenvalue weighted by molar-refractivity contribution is 6.36. The SMILES string of the molecule is Cc1cc(Cc2nnc(C(F)(F)F)o2)ccc1/N=C1\OC(=O)c2c(Cl)cccc21. The Labute approximate surface area is 167 Å². The molecule has 0 fully saturated rings. The highest BCUT2D eigenvalue weighted by atomic mass is 35.5. The Bertz CT molecular complexity index is 1160. The van der Waals surface area contributed by atoms with Crippen molar-refractivity contribution in [3.8, 4) is 0 Å². The highest BCUT2D eigenvalue weighted by Gasteiger charge is 2.38. The number of hydrogen-bond acceptors (Lipinski definition) is 6. The summed E-state index contributed by atoms with van der Waals surface area (Å²) in [5.74, 6) is -1.97. The lowest BCUT2D eigenvalue weighted by Gasteiger charge is -2.05. The number of aryl methyl sites for hydroxylation is 1. The first kappa shape index (κ1) is 19.1. The molecular formula is C19H11ClF3N3O3. The summed E-state index contributed by atoms with van der Waals surface area (Å²) in [5, 5.41) is 6.71. The molecule has 0 saturated carbocycles. The predicted octanol–water partition coefficient (Wildman–Crippen LogP) is 4.89. The summed E-state index contributed by atoms with van der Waals surface area (Å²) in [6.07, 6.45) is -4.65. The van der Waals surface area contributed by atoms with E-state index in [9.17, 15) is 18.0 Å². The van der Waals surface area contributed by atoms with Crippen molar-refractivity contribution in [3.05, 3.63) is 75.5 Å². The van der Waals surface area contributed by atoms with Gasteiger partial charge in [-0.15, -0.1) is 10.2 Å². The Morgan fingerprint density at radius 2 is 1.97 bits per heavy atom. The maximum absolute atomic E-state index is 12.6. The number of halogens is 4. The van der Waals surface area contributed by atoms with E-state index in [1.807, 2.05) is 0 Å². The maximum Gasteiger partial charge on any atom is 0.470 e. The molecule has 10 heteroatoms. The Balaban J connectivity index is 1.59. The lowest BCUT2D eigenvalue weighted by atomic mass is 10.1. The van der Waals surface area contributed by atoms with Crippen LogP contribution in [0.3, 0.4) is 0 Å². The fourth-order valence-electron chi connectivity index (χ4n) is 2.86. The number of hydrogen-bond donors (Lipinski definition) is 0. The normalized spacial score (nSPS) is 14.9. The van der Waals surface area contributed by atoms with Crippen LogP contribution in [0.2, 0.25) is 5.02 Å². The van der Waals surface area contributed by atoms with Crippen molar-refractivity contribution < 1.29 is 27.1 Å². The van der Waals surface area contributed by atoms with Gasteiger partial charge >= 0.3 is 18.0 Å². The second-order valence-electron chi connectivity index (χ2n) is 6.27. The van der Waals surface area contributed by atoms with Gasteiger partial charge in [-0.05, 0) is 36.2 Å². The van der Waals surface area contributed by atoms with Crippen molar-refractivity contribution >= 4 is 29.2 Å². The number of carbonyl (C=O) groups excluding carboxylic acids is 1. The van der Waals surface area contributed by atoms with E-state index in [0.29, 0.717) is 16.8 Å². The number of carbonyl (C=O) groups is 1. The van der Waals surface area contributed by atoms with Crippen LogP contribution in [0.15, 0.2) is 45.8 Å². The lowest BCUT2D eigenvalue weighted by molar-refractivity contribution is -0.157. The molecule has 0 aliphatic carbocycles. The third kappa shape index (κ3) is 3.73. The second-order valence-corrected chi connectivity index (χ2v) is 6.67. The topological polar surface area (TPSA) is 77.6 Å². The average Bonchev–Trinajstić information content (AvgIpc) is 3.23. The second kappa shape index (κ2) is 7.00. The molecule has 0 spiro atoms. The number of fused-ring (bicyclic) bond motifs is 1. The van der Waals surface area contributed by atoms with Crippen LogP contribution in [0.4, 0.5) is 18.9 Å². The number of aromatic nitrogens is 2. The zero-order valence-corrected chi connectivity index (χ0v) is 15.5. The van der Waals surface area contributed by atoms with E-state index in [2.05, 4.69) is 19.6 Å². The van der Waals surface area contributed by atoms with Crippen LogP contribution in [0.1, 0.15) is 38.8 Å². The number of cyclic esters (lactones) is 1. The average molecular weight is 422 g/mol. The van der Waals surface area contributed by atoms with Gasteiger partial charge in [0.05, 0.1) is 28.3 Å². The molecule has 29 heavy (non-hydrogen) atoms. The van der Waals surface area contributed by atoms with Crippen molar-refractivity contribution in [2.75, 3.05) is 0 Å². The molecule has 0 atom stereocenters. The number of alkyl halides is 3. The quantitative estimate of drug-likeness (QED) is 0.563. The largest absolute Gasteiger partial charge is 0.470 e. The summed E-state index contributed by atoms with van der Waals surface area (Å²) < 4.78 is 47.5. The summed E-state index contributed by atoms with van der Waals surface area (Å²) in [7, 11) is 0. The van der Waals surface area contributed by atoms with Gasteiger partial charge in [0.25, 0.3) is 0 Å². The molecule has 2 aromatic carbocycles. The van der Waals surface area contributed by atoms with Gasteiger partial charge < -0.3 is 9.15 Å². The van der Waals surface area contributed by atoms with Crippen LogP contribution in [0.5, 0.6) is 0 Å². The fraction of sp³-hybridized carbons (Fsp3) is 0.158. The van der Waals surface area contributed by atoms with Crippen LogP contribution in [0.25, 0.3) is 0 Å². The molecule has 0 amide bonds. The number of ether oxygens (including phenoxy) is 1. The number of benzene rings is 2. The minimum Gasteiger partial charge on any atom is -0.417 e. The monoisotopic (exact) mass is 421 g/mol. The first-order valence-corrected chi connectivity index (χ1v) is 8.69. The van der Waals surface area contributed by atoms with E-state index in [1.54, 1.807) is 43.3 Å². The predicted molar refractivity (Wildman–Crippen MR) is 96.3 cm³/mol. The van der Waals surface area contributed by atoms with Crippen molar-refractivity contribution in [3.63, 3.8) is 0 Å². The molecule has 0 saturated heterocycles. The van der Waals surface area contributed by atoms with E-state index >= 15 is 0 Å². The lowest BCUT2D eigenvalue weighted by Crippen LogP contribution is -2.04. The van der Waals surface area contributed by atoms with Crippen LogP contribution < -0.4 is 0 Å². The number of nitrogens with zero attached hydrogens (tertiary/aromatic N) is 3. The van der Waals surface area contributed by atoms with E-state index < -0.39 is 18.0 Å². The first-order valence-electron chi connectivity index (χ1n) is 8.31. The standard InChI is InChI=1S/C19H11ClF3N3O3/c1-9-7-10(8-14-25-26-18(28-14)19(21,22)23)5-6-13(9)24-16-11-3-2-4-12(20)15(11)17(27)29-16/h2-7H,8H2,1H3/b24-16-. The van der Waals surface area contributed by atoms with E-state index in [4.69, 9.17) is 16.3 Å². The molecule has 0 radical (unpaired) electrons. The smallest absolute Gasteiger partial charge is 0.417 e. The van der Waals surface area contributed by atoms with Gasteiger partial charge in [-0.2, -0.15) is 13.2 Å². The van der Waals surface area contributed by atoms with Crippen LogP contribution >= 0.6 is 11.6 Å². The van der Waals surface area contributed by atoms with Crippen LogP contribution in [-0.4, -0.2) is 22.1 Å². The Morgan fingerprint density at radius 3 is 2.66 bits per heavy atom. The van der Waals surface area contributed by atoms with Crippen molar-refractivity contribution in [1.82, 2.24) is 10.2 Å². The zero-order valence-electron chi connectivity index (χ0n) is 14.7. The number of esters is 1. The molecule has 148 valence electrons. The zero-order chi connectivity index (χ0) is 20.8. The minimum atomic E-state index is -4.68. The molecular weight excluding hydrogens is 411 g/mol. The third-order valence-electron chi connectivity index (χ3n) is 4.19. The molecule has 3 aromatic rings. The van der Waals surface area contributed by atoms with Crippen molar-refractivity contribution in [2.45, 2.75) is 19.5 Å². The van der Waals surface area contributed by atoms with Gasteiger partial charge in [0.15, 0.2) is 0 Å². The molecule has 4 rings (SSSR count). The van der Waals surface area contributed by atoms with Gasteiger partial charge in [-0.3, -0.25) is 0 Å². The molecule has 1 aliphatic heterocycles. The number of rotatable bonds is 3. The van der Waals surface area contributed by atoms with Gasteiger partial charge in [-0.1, -0.05) is 29.8 Å². The molecule has 2 heterocycles. The van der Waals surface area contributed by atoms with Gasteiger partial charge in [0.2, 0.25) is 11.8 Å². The van der Waals surface area contributed by atoms with Crippen molar-refractivity contribution in [2.24, 2.45) is 4.99 Å². The maximum atomic E-state index is 12.6. The molecule has 6 nitrogen and oxygen atoms in total. The van der Waals surface area contributed by atoms with Crippen LogP contribution in [0, 0.1) is 6.92 Å².